The van der Waals surface area contributed by atoms with Crippen molar-refractivity contribution in [3.05, 3.63) is 39.7 Å². The van der Waals surface area contributed by atoms with Crippen molar-refractivity contribution in [2.24, 2.45) is 5.73 Å². The molecule has 0 aliphatic rings. The maximum atomic E-state index is 5.87. The largest absolute Gasteiger partial charge is 0.465 e. The zero-order valence-corrected chi connectivity index (χ0v) is 11.8. The summed E-state index contributed by atoms with van der Waals surface area (Å²) in [6.45, 7) is 5.37. The highest BCUT2D eigenvalue weighted by molar-refractivity contribution is 7.09. The van der Waals surface area contributed by atoms with Crippen LogP contribution < -0.4 is 5.73 Å². The number of rotatable bonds is 5. The highest BCUT2D eigenvalue weighted by Gasteiger charge is 2.19. The molecule has 2 aromatic heterocycles. The number of nitrogens with zero attached hydrogens (tertiary/aromatic N) is 2. The first-order valence-corrected chi connectivity index (χ1v) is 6.85. The number of nitrogens with two attached hydrogens (primary N) is 1. The number of aryl methyl sites for hydroxylation is 2. The maximum Gasteiger partial charge on any atom is 0.122 e. The number of furan rings is 1. The third-order valence-electron chi connectivity index (χ3n) is 3.08. The van der Waals surface area contributed by atoms with Gasteiger partial charge in [0.2, 0.25) is 0 Å². The Morgan fingerprint density at radius 2 is 2.22 bits per heavy atom. The third kappa shape index (κ3) is 2.80. The van der Waals surface area contributed by atoms with Crippen LogP contribution in [0.4, 0.5) is 0 Å². The van der Waals surface area contributed by atoms with E-state index in [0.717, 1.165) is 23.8 Å². The van der Waals surface area contributed by atoms with E-state index in [1.807, 2.05) is 31.5 Å². The van der Waals surface area contributed by atoms with Gasteiger partial charge < -0.3 is 10.2 Å². The highest BCUT2D eigenvalue weighted by Crippen LogP contribution is 2.24. The molecule has 0 bridgehead atoms. The van der Waals surface area contributed by atoms with Gasteiger partial charge in [0.05, 0.1) is 17.2 Å². The minimum Gasteiger partial charge on any atom is -0.465 e. The molecule has 2 aromatic rings. The first kappa shape index (κ1) is 13.3. The standard InChI is InChI=1S/C13H19N3OS/c1-9-4-5-12(17-9)11(6-14)16(3)7-13-10(2)15-8-18-13/h4-5,8,11H,6-7,14H2,1-3H3. The van der Waals surface area contributed by atoms with Crippen LogP contribution in [-0.4, -0.2) is 23.5 Å². The van der Waals surface area contributed by atoms with E-state index in [0.29, 0.717) is 6.54 Å². The van der Waals surface area contributed by atoms with Crippen molar-refractivity contribution in [2.75, 3.05) is 13.6 Å². The smallest absolute Gasteiger partial charge is 0.122 e. The van der Waals surface area contributed by atoms with E-state index < -0.39 is 0 Å². The Kier molecular flexibility index (Phi) is 4.16. The van der Waals surface area contributed by atoms with E-state index in [2.05, 4.69) is 16.9 Å². The van der Waals surface area contributed by atoms with Gasteiger partial charge in [0.25, 0.3) is 0 Å². The fourth-order valence-corrected chi connectivity index (χ4v) is 2.80. The molecule has 18 heavy (non-hydrogen) atoms. The molecule has 98 valence electrons. The Morgan fingerprint density at radius 1 is 1.44 bits per heavy atom. The molecule has 0 saturated carbocycles. The van der Waals surface area contributed by atoms with Gasteiger partial charge in [-0.15, -0.1) is 11.3 Å². The molecule has 2 N–H and O–H groups in total. The Hall–Kier alpha value is -1.17. The highest BCUT2D eigenvalue weighted by atomic mass is 32.1. The fraction of sp³-hybridized carbons (Fsp3) is 0.462. The van der Waals surface area contributed by atoms with E-state index in [4.69, 9.17) is 10.2 Å². The molecule has 5 heteroatoms. The van der Waals surface area contributed by atoms with Gasteiger partial charge in [0.15, 0.2) is 0 Å². The summed E-state index contributed by atoms with van der Waals surface area (Å²) in [6, 6.07) is 4.09. The summed E-state index contributed by atoms with van der Waals surface area (Å²) < 4.78 is 5.67. The molecular weight excluding hydrogens is 246 g/mol. The zero-order chi connectivity index (χ0) is 13.1. The Morgan fingerprint density at radius 3 is 2.72 bits per heavy atom. The molecule has 1 atom stereocenters. The Balaban J connectivity index is 2.11. The first-order chi connectivity index (χ1) is 8.61. The molecule has 0 spiro atoms. The average molecular weight is 265 g/mol. The number of hydrogen-bond acceptors (Lipinski definition) is 5. The molecule has 1 unspecified atom stereocenters. The molecule has 4 nitrogen and oxygen atoms in total. The maximum absolute atomic E-state index is 5.87. The van der Waals surface area contributed by atoms with Gasteiger partial charge in [-0.25, -0.2) is 4.98 Å². The molecule has 0 fully saturated rings. The van der Waals surface area contributed by atoms with Gasteiger partial charge in [-0.05, 0) is 33.0 Å². The van der Waals surface area contributed by atoms with Crippen molar-refractivity contribution in [2.45, 2.75) is 26.4 Å². The summed E-state index contributed by atoms with van der Waals surface area (Å²) in [5, 5.41) is 0. The second-order valence-corrected chi connectivity index (χ2v) is 5.42. The summed E-state index contributed by atoms with van der Waals surface area (Å²) in [7, 11) is 2.06. The lowest BCUT2D eigenvalue weighted by molar-refractivity contribution is 0.212. The van der Waals surface area contributed by atoms with Crippen molar-refractivity contribution in [3.63, 3.8) is 0 Å². The van der Waals surface area contributed by atoms with Gasteiger partial charge in [0, 0.05) is 18.0 Å². The molecule has 0 radical (unpaired) electrons. The van der Waals surface area contributed by atoms with Gasteiger partial charge in [-0.3, -0.25) is 4.90 Å². The first-order valence-electron chi connectivity index (χ1n) is 5.97. The van der Waals surface area contributed by atoms with Gasteiger partial charge >= 0.3 is 0 Å². The molecule has 0 aliphatic heterocycles. The van der Waals surface area contributed by atoms with Gasteiger partial charge in [-0.1, -0.05) is 0 Å². The summed E-state index contributed by atoms with van der Waals surface area (Å²) >= 11 is 1.68. The Bertz CT molecular complexity index is 506. The van der Waals surface area contributed by atoms with Crippen molar-refractivity contribution >= 4 is 11.3 Å². The predicted molar refractivity (Wildman–Crippen MR) is 73.6 cm³/mol. The van der Waals surface area contributed by atoms with Crippen LogP contribution in [-0.2, 0) is 6.54 Å². The number of aromatic nitrogens is 1. The minimum atomic E-state index is 0.111. The van der Waals surface area contributed by atoms with E-state index in [9.17, 15) is 0 Å². The molecule has 0 aromatic carbocycles. The average Bonchev–Trinajstić information content (AvgIpc) is 2.91. The van der Waals surface area contributed by atoms with Crippen LogP contribution in [0.3, 0.4) is 0 Å². The summed E-state index contributed by atoms with van der Waals surface area (Å²) in [5.41, 5.74) is 8.85. The predicted octanol–water partition coefficient (Wildman–Crippen LogP) is 2.48. The molecule has 2 heterocycles. The van der Waals surface area contributed by atoms with Crippen LogP contribution in [0, 0.1) is 13.8 Å². The lowest BCUT2D eigenvalue weighted by Gasteiger charge is -2.24. The number of hydrogen-bond donors (Lipinski definition) is 1. The van der Waals surface area contributed by atoms with Crippen LogP contribution in [0.5, 0.6) is 0 Å². The van der Waals surface area contributed by atoms with Crippen molar-refractivity contribution < 1.29 is 4.42 Å². The number of likely N-dealkylation sites (N-methyl/N-ethyl adjacent to an activating group) is 1. The van der Waals surface area contributed by atoms with Crippen molar-refractivity contribution in [3.8, 4) is 0 Å². The van der Waals surface area contributed by atoms with Crippen molar-refractivity contribution in [1.82, 2.24) is 9.88 Å². The second kappa shape index (κ2) is 5.65. The van der Waals surface area contributed by atoms with Gasteiger partial charge in [0.1, 0.15) is 11.5 Å². The summed E-state index contributed by atoms with van der Waals surface area (Å²) in [6.07, 6.45) is 0. The van der Waals surface area contributed by atoms with E-state index >= 15 is 0 Å². The summed E-state index contributed by atoms with van der Waals surface area (Å²) in [5.74, 6) is 1.85. The lowest BCUT2D eigenvalue weighted by atomic mass is 10.2. The normalized spacial score (nSPS) is 13.2. The zero-order valence-electron chi connectivity index (χ0n) is 11.0. The Labute approximate surface area is 111 Å². The quantitative estimate of drug-likeness (QED) is 0.902. The van der Waals surface area contributed by atoms with Gasteiger partial charge in [-0.2, -0.15) is 0 Å². The number of thiazole rings is 1. The van der Waals surface area contributed by atoms with E-state index in [1.165, 1.54) is 4.88 Å². The fourth-order valence-electron chi connectivity index (χ4n) is 1.96. The molecule has 0 aliphatic carbocycles. The lowest BCUT2D eigenvalue weighted by Crippen LogP contribution is -2.29. The van der Waals surface area contributed by atoms with E-state index in [1.54, 1.807) is 11.3 Å². The monoisotopic (exact) mass is 265 g/mol. The van der Waals surface area contributed by atoms with Crippen LogP contribution >= 0.6 is 11.3 Å². The van der Waals surface area contributed by atoms with E-state index in [-0.39, 0.29) is 6.04 Å². The molecular formula is C13H19N3OS. The van der Waals surface area contributed by atoms with Crippen LogP contribution in [0.2, 0.25) is 0 Å². The van der Waals surface area contributed by atoms with Crippen molar-refractivity contribution in [1.29, 1.82) is 0 Å². The third-order valence-corrected chi connectivity index (χ3v) is 4.00. The van der Waals surface area contributed by atoms with Crippen LogP contribution in [0.1, 0.15) is 28.1 Å². The SMILES string of the molecule is Cc1ccc(C(CN)N(C)Cc2scnc2C)o1. The molecule has 0 saturated heterocycles. The minimum absolute atomic E-state index is 0.111. The second-order valence-electron chi connectivity index (χ2n) is 4.48. The topological polar surface area (TPSA) is 55.3 Å². The van der Waals surface area contributed by atoms with Crippen LogP contribution in [0.25, 0.3) is 0 Å². The molecule has 2 rings (SSSR count). The summed E-state index contributed by atoms with van der Waals surface area (Å²) in [4.78, 5) is 7.75. The molecule has 0 amide bonds. The van der Waals surface area contributed by atoms with Crippen LogP contribution in [0.15, 0.2) is 22.1 Å².